The molecule has 3 aromatic carbocycles. The first-order chi connectivity index (χ1) is 14.1. The van der Waals surface area contributed by atoms with Gasteiger partial charge in [-0.2, -0.15) is 0 Å². The van der Waals surface area contributed by atoms with Crippen LogP contribution in [0.5, 0.6) is 0 Å². The maximum atomic E-state index is 13.4. The van der Waals surface area contributed by atoms with Crippen molar-refractivity contribution in [3.8, 4) is 0 Å². The van der Waals surface area contributed by atoms with Crippen molar-refractivity contribution in [3.63, 3.8) is 0 Å². The summed E-state index contributed by atoms with van der Waals surface area (Å²) in [7, 11) is 0. The van der Waals surface area contributed by atoms with Gasteiger partial charge in [0.05, 0.1) is 16.9 Å². The van der Waals surface area contributed by atoms with Crippen LogP contribution in [0.2, 0.25) is 0 Å². The Morgan fingerprint density at radius 1 is 0.655 bits per heavy atom. The summed E-state index contributed by atoms with van der Waals surface area (Å²) < 4.78 is 0. The van der Waals surface area contributed by atoms with Crippen molar-refractivity contribution in [2.24, 2.45) is 5.73 Å². The smallest absolute Gasteiger partial charge is 0.340 e. The van der Waals surface area contributed by atoms with Crippen LogP contribution >= 0.6 is 0 Å². The molecule has 1 aliphatic heterocycles. The molecule has 6 heteroatoms. The summed E-state index contributed by atoms with van der Waals surface area (Å²) in [6, 6.07) is 25.3. The summed E-state index contributed by atoms with van der Waals surface area (Å²) in [5, 5.41) is 0. The van der Waals surface area contributed by atoms with E-state index in [2.05, 4.69) is 0 Å². The lowest BCUT2D eigenvalue weighted by Crippen LogP contribution is -2.32. The molecule has 0 bridgehead atoms. The fourth-order valence-electron chi connectivity index (χ4n) is 3.32. The Morgan fingerprint density at radius 3 is 1.59 bits per heavy atom. The van der Waals surface area contributed by atoms with Crippen molar-refractivity contribution in [2.45, 2.75) is 0 Å². The van der Waals surface area contributed by atoms with E-state index in [-0.39, 0.29) is 11.3 Å². The van der Waals surface area contributed by atoms with Crippen LogP contribution in [0, 0.1) is 0 Å². The minimum atomic E-state index is -0.789. The topological polar surface area (TPSA) is 83.7 Å². The number of hydrogen-bond donors (Lipinski definition) is 1. The van der Waals surface area contributed by atoms with E-state index in [1.807, 2.05) is 0 Å². The number of urea groups is 1. The van der Waals surface area contributed by atoms with Gasteiger partial charge in [-0.05, 0) is 29.8 Å². The second kappa shape index (κ2) is 7.44. The third kappa shape index (κ3) is 3.17. The number of amides is 4. The first-order valence-electron chi connectivity index (χ1n) is 8.97. The number of para-hydroxylation sites is 2. The number of carbonyl (C=O) groups excluding carboxylic acids is 3. The van der Waals surface area contributed by atoms with E-state index in [0.29, 0.717) is 16.9 Å². The fraction of sp³-hybridized carbons (Fsp3) is 0. The lowest BCUT2D eigenvalue weighted by molar-refractivity contribution is -0.115. The van der Waals surface area contributed by atoms with Crippen molar-refractivity contribution < 1.29 is 14.4 Å². The van der Waals surface area contributed by atoms with Gasteiger partial charge in [-0.15, -0.1) is 0 Å². The zero-order valence-electron chi connectivity index (χ0n) is 15.4. The number of primary amides is 1. The molecule has 1 heterocycles. The van der Waals surface area contributed by atoms with Crippen molar-refractivity contribution >= 4 is 34.8 Å². The van der Waals surface area contributed by atoms with E-state index in [1.54, 1.807) is 91.0 Å². The highest BCUT2D eigenvalue weighted by Gasteiger charge is 2.45. The molecule has 2 N–H and O–H groups in total. The molecule has 0 atom stereocenters. The number of benzene rings is 3. The van der Waals surface area contributed by atoms with Gasteiger partial charge in [0.25, 0.3) is 11.8 Å². The molecule has 1 saturated heterocycles. The maximum absolute atomic E-state index is 13.4. The van der Waals surface area contributed by atoms with Crippen LogP contribution in [0.3, 0.4) is 0 Å². The van der Waals surface area contributed by atoms with E-state index in [4.69, 9.17) is 5.73 Å². The molecule has 0 aliphatic carbocycles. The van der Waals surface area contributed by atoms with Crippen LogP contribution in [-0.4, -0.2) is 17.8 Å². The Hall–Kier alpha value is -4.19. The molecular weight excluding hydrogens is 366 g/mol. The molecule has 6 nitrogen and oxygen atoms in total. The van der Waals surface area contributed by atoms with Crippen molar-refractivity contribution in [1.29, 1.82) is 0 Å². The predicted molar refractivity (Wildman–Crippen MR) is 111 cm³/mol. The molecule has 0 saturated carbocycles. The SMILES string of the molecule is NC(=O)C(=C1C(=O)N(c2ccccc2)C(=O)N1c1ccccc1)c1ccccc1. The third-order valence-corrected chi connectivity index (χ3v) is 4.59. The highest BCUT2D eigenvalue weighted by Crippen LogP contribution is 2.35. The van der Waals surface area contributed by atoms with Gasteiger partial charge in [0, 0.05) is 0 Å². The zero-order chi connectivity index (χ0) is 20.4. The molecule has 0 aromatic heterocycles. The van der Waals surface area contributed by atoms with Gasteiger partial charge in [0.15, 0.2) is 0 Å². The van der Waals surface area contributed by atoms with Gasteiger partial charge in [0.2, 0.25) is 0 Å². The standard InChI is InChI=1S/C23H17N3O3/c24-21(27)19(16-10-4-1-5-11-16)20-22(28)26(18-14-8-3-9-15-18)23(29)25(20)17-12-6-2-7-13-17/h1-15H,(H2,24,27). The van der Waals surface area contributed by atoms with Crippen LogP contribution < -0.4 is 15.5 Å². The van der Waals surface area contributed by atoms with Gasteiger partial charge in [-0.25, -0.2) is 9.69 Å². The highest BCUT2D eigenvalue weighted by atomic mass is 16.2. The average Bonchev–Trinajstić information content (AvgIpc) is 3.00. The van der Waals surface area contributed by atoms with E-state index >= 15 is 0 Å². The van der Waals surface area contributed by atoms with Gasteiger partial charge in [-0.3, -0.25) is 14.5 Å². The van der Waals surface area contributed by atoms with E-state index in [1.165, 1.54) is 4.90 Å². The lowest BCUT2D eigenvalue weighted by Gasteiger charge is -2.18. The second-order valence-electron chi connectivity index (χ2n) is 6.38. The first-order valence-corrected chi connectivity index (χ1v) is 8.97. The Kier molecular flexibility index (Phi) is 4.66. The molecule has 3 aromatic rings. The minimum absolute atomic E-state index is 0.00812. The molecule has 29 heavy (non-hydrogen) atoms. The summed E-state index contributed by atoms with van der Waals surface area (Å²) >= 11 is 0. The third-order valence-electron chi connectivity index (χ3n) is 4.59. The number of carbonyl (C=O) groups is 3. The minimum Gasteiger partial charge on any atom is -0.366 e. The Balaban J connectivity index is 1.99. The van der Waals surface area contributed by atoms with Crippen LogP contribution in [0.4, 0.5) is 16.2 Å². The molecule has 0 unspecified atom stereocenters. The Labute approximate surface area is 167 Å². The largest absolute Gasteiger partial charge is 0.366 e. The average molecular weight is 383 g/mol. The summed E-state index contributed by atoms with van der Waals surface area (Å²) in [5.41, 5.74) is 6.94. The summed E-state index contributed by atoms with van der Waals surface area (Å²) in [6.45, 7) is 0. The number of rotatable bonds is 4. The number of nitrogens with two attached hydrogens (primary N) is 1. The van der Waals surface area contributed by atoms with Crippen LogP contribution in [0.1, 0.15) is 5.56 Å². The van der Waals surface area contributed by atoms with Crippen molar-refractivity contribution in [3.05, 3.63) is 102 Å². The summed E-state index contributed by atoms with van der Waals surface area (Å²) in [4.78, 5) is 41.5. The molecular formula is C23H17N3O3. The van der Waals surface area contributed by atoms with Gasteiger partial charge < -0.3 is 5.73 Å². The summed E-state index contributed by atoms with van der Waals surface area (Å²) in [6.07, 6.45) is 0. The number of anilines is 2. The second-order valence-corrected chi connectivity index (χ2v) is 6.38. The highest BCUT2D eigenvalue weighted by molar-refractivity contribution is 6.40. The van der Waals surface area contributed by atoms with Gasteiger partial charge in [0.1, 0.15) is 5.70 Å². The Bertz CT molecular complexity index is 1110. The maximum Gasteiger partial charge on any atom is 0.340 e. The summed E-state index contributed by atoms with van der Waals surface area (Å²) in [5.74, 6) is -1.40. The predicted octanol–water partition coefficient (Wildman–Crippen LogP) is 3.56. The monoisotopic (exact) mass is 383 g/mol. The van der Waals surface area contributed by atoms with E-state index in [9.17, 15) is 14.4 Å². The quantitative estimate of drug-likeness (QED) is 0.552. The Morgan fingerprint density at radius 2 is 1.10 bits per heavy atom. The lowest BCUT2D eigenvalue weighted by atomic mass is 10.0. The molecule has 0 radical (unpaired) electrons. The van der Waals surface area contributed by atoms with Gasteiger partial charge >= 0.3 is 6.03 Å². The molecule has 4 amide bonds. The molecule has 4 rings (SSSR count). The number of nitrogens with zero attached hydrogens (tertiary/aromatic N) is 2. The molecule has 0 spiro atoms. The zero-order valence-corrected chi connectivity index (χ0v) is 15.4. The van der Waals surface area contributed by atoms with E-state index < -0.39 is 17.8 Å². The van der Waals surface area contributed by atoms with Crippen LogP contribution in [-0.2, 0) is 9.59 Å². The molecule has 1 aliphatic rings. The number of imide groups is 1. The van der Waals surface area contributed by atoms with Crippen LogP contribution in [0.15, 0.2) is 96.7 Å². The fourth-order valence-corrected chi connectivity index (χ4v) is 3.32. The first kappa shape index (κ1) is 18.2. The molecule has 142 valence electrons. The number of hydrogen-bond acceptors (Lipinski definition) is 3. The normalized spacial score (nSPS) is 15.6. The van der Waals surface area contributed by atoms with E-state index in [0.717, 1.165) is 4.90 Å². The van der Waals surface area contributed by atoms with Crippen LogP contribution in [0.25, 0.3) is 5.57 Å². The van der Waals surface area contributed by atoms with Crippen molar-refractivity contribution in [1.82, 2.24) is 0 Å². The van der Waals surface area contributed by atoms with Gasteiger partial charge in [-0.1, -0.05) is 66.7 Å². The molecule has 1 fully saturated rings. The van der Waals surface area contributed by atoms with Crippen molar-refractivity contribution in [2.75, 3.05) is 9.80 Å².